The van der Waals surface area contributed by atoms with Gasteiger partial charge in [0.25, 0.3) is 5.91 Å². The fourth-order valence-electron chi connectivity index (χ4n) is 2.62. The third-order valence-electron chi connectivity index (χ3n) is 4.19. The molecule has 0 unspecified atom stereocenters. The van der Waals surface area contributed by atoms with Crippen LogP contribution in [0, 0.1) is 0 Å². The van der Waals surface area contributed by atoms with Crippen LogP contribution in [0.2, 0.25) is 0 Å². The predicted molar refractivity (Wildman–Crippen MR) is 114 cm³/mol. The molecular weight excluding hydrogens is 372 g/mol. The molecule has 0 fully saturated rings. The molecule has 0 aliphatic carbocycles. The summed E-state index contributed by atoms with van der Waals surface area (Å²) in [6.45, 7) is 5.82. The van der Waals surface area contributed by atoms with Gasteiger partial charge in [-0.2, -0.15) is 0 Å². The highest BCUT2D eigenvalue weighted by molar-refractivity contribution is 5.94. The van der Waals surface area contributed by atoms with Crippen LogP contribution in [-0.2, 0) is 14.3 Å². The molecular formula is C21H34N4O4. The number of hydrogen-bond donors (Lipinski definition) is 4. The van der Waals surface area contributed by atoms with Crippen molar-refractivity contribution in [3.8, 4) is 0 Å². The molecule has 0 saturated heterocycles. The van der Waals surface area contributed by atoms with Crippen molar-refractivity contribution in [1.29, 1.82) is 0 Å². The third kappa shape index (κ3) is 10.5. The van der Waals surface area contributed by atoms with Gasteiger partial charge in [0.2, 0.25) is 11.8 Å². The standard InChI is InChI=1S/C21H34N4O4/c1-3-12-23-17-10-8-16(9-11-17)21(28)24-13-6-5-7-18(20(22)27)25-19(26)15-29-14-4-2/h8-11,18,23H,3-7,12-15H2,1-2H3,(H2,22,27)(H,24,28)(H,25,26)/t18-/m0/s1. The van der Waals surface area contributed by atoms with E-state index in [4.69, 9.17) is 10.5 Å². The van der Waals surface area contributed by atoms with E-state index in [0.717, 1.165) is 25.1 Å². The van der Waals surface area contributed by atoms with Crippen molar-refractivity contribution in [3.63, 3.8) is 0 Å². The van der Waals surface area contributed by atoms with E-state index >= 15 is 0 Å². The fourth-order valence-corrected chi connectivity index (χ4v) is 2.62. The molecule has 5 N–H and O–H groups in total. The molecule has 0 spiro atoms. The van der Waals surface area contributed by atoms with Gasteiger partial charge in [-0.25, -0.2) is 0 Å². The summed E-state index contributed by atoms with van der Waals surface area (Å²) in [7, 11) is 0. The summed E-state index contributed by atoms with van der Waals surface area (Å²) >= 11 is 0. The van der Waals surface area contributed by atoms with Crippen LogP contribution in [0.1, 0.15) is 56.3 Å². The highest BCUT2D eigenvalue weighted by Crippen LogP contribution is 2.09. The SMILES string of the molecule is CCCNc1ccc(C(=O)NCCCC[C@H](NC(=O)COCCC)C(N)=O)cc1. The Morgan fingerprint density at radius 3 is 2.38 bits per heavy atom. The van der Waals surface area contributed by atoms with Crippen molar-refractivity contribution in [1.82, 2.24) is 10.6 Å². The van der Waals surface area contributed by atoms with Crippen molar-refractivity contribution in [2.24, 2.45) is 5.73 Å². The van der Waals surface area contributed by atoms with Crippen molar-refractivity contribution in [2.75, 3.05) is 31.6 Å². The molecule has 1 aromatic carbocycles. The van der Waals surface area contributed by atoms with Crippen molar-refractivity contribution < 1.29 is 19.1 Å². The van der Waals surface area contributed by atoms with E-state index in [0.29, 0.717) is 38.0 Å². The second kappa shape index (κ2) is 14.4. The molecule has 0 aliphatic heterocycles. The molecule has 0 bridgehead atoms. The van der Waals surface area contributed by atoms with E-state index in [2.05, 4.69) is 22.9 Å². The summed E-state index contributed by atoms with van der Waals surface area (Å²) in [6, 6.07) is 6.61. The van der Waals surface area contributed by atoms with Gasteiger partial charge < -0.3 is 26.4 Å². The Kier molecular flexibility index (Phi) is 12.1. The number of hydrogen-bond acceptors (Lipinski definition) is 5. The summed E-state index contributed by atoms with van der Waals surface area (Å²) in [5.41, 5.74) is 6.94. The maximum Gasteiger partial charge on any atom is 0.251 e. The fraction of sp³-hybridized carbons (Fsp3) is 0.571. The van der Waals surface area contributed by atoms with Crippen LogP contribution < -0.4 is 21.7 Å². The van der Waals surface area contributed by atoms with Crippen molar-refractivity contribution in [3.05, 3.63) is 29.8 Å². The van der Waals surface area contributed by atoms with E-state index in [1.807, 2.05) is 19.1 Å². The maximum atomic E-state index is 12.2. The highest BCUT2D eigenvalue weighted by atomic mass is 16.5. The van der Waals surface area contributed by atoms with Gasteiger partial charge in [-0.15, -0.1) is 0 Å². The second-order valence-corrected chi connectivity index (χ2v) is 6.83. The Balaban J connectivity index is 2.28. The van der Waals surface area contributed by atoms with Crippen molar-refractivity contribution >= 4 is 23.4 Å². The van der Waals surface area contributed by atoms with E-state index in [1.165, 1.54) is 0 Å². The van der Waals surface area contributed by atoms with Gasteiger partial charge in [0.15, 0.2) is 0 Å². The van der Waals surface area contributed by atoms with Crippen LogP contribution in [0.3, 0.4) is 0 Å². The normalized spacial score (nSPS) is 11.5. The molecule has 0 radical (unpaired) electrons. The number of nitrogens with one attached hydrogen (secondary N) is 3. The Labute approximate surface area is 172 Å². The van der Waals surface area contributed by atoms with Crippen LogP contribution in [0.5, 0.6) is 0 Å². The average molecular weight is 407 g/mol. The zero-order valence-electron chi connectivity index (χ0n) is 17.5. The van der Waals surface area contributed by atoms with Crippen LogP contribution in [0.4, 0.5) is 5.69 Å². The van der Waals surface area contributed by atoms with Gasteiger partial charge in [0.05, 0.1) is 0 Å². The number of nitrogens with two attached hydrogens (primary N) is 1. The first kappa shape index (κ1) is 24.4. The lowest BCUT2D eigenvalue weighted by Crippen LogP contribution is -2.45. The molecule has 8 heteroatoms. The monoisotopic (exact) mass is 406 g/mol. The zero-order chi connectivity index (χ0) is 21.5. The molecule has 29 heavy (non-hydrogen) atoms. The number of ether oxygens (including phenoxy) is 1. The Morgan fingerprint density at radius 2 is 1.76 bits per heavy atom. The summed E-state index contributed by atoms with van der Waals surface area (Å²) < 4.78 is 5.15. The number of amides is 3. The largest absolute Gasteiger partial charge is 0.385 e. The van der Waals surface area contributed by atoms with Crippen LogP contribution >= 0.6 is 0 Å². The van der Waals surface area contributed by atoms with Crippen molar-refractivity contribution in [2.45, 2.75) is 52.0 Å². The minimum absolute atomic E-state index is 0.0829. The van der Waals surface area contributed by atoms with Crippen LogP contribution in [0.15, 0.2) is 24.3 Å². The Morgan fingerprint density at radius 1 is 1.03 bits per heavy atom. The van der Waals surface area contributed by atoms with Gasteiger partial charge >= 0.3 is 0 Å². The second-order valence-electron chi connectivity index (χ2n) is 6.83. The third-order valence-corrected chi connectivity index (χ3v) is 4.19. The first-order chi connectivity index (χ1) is 14.0. The highest BCUT2D eigenvalue weighted by Gasteiger charge is 2.17. The molecule has 8 nitrogen and oxygen atoms in total. The number of unbranched alkanes of at least 4 members (excludes halogenated alkanes) is 1. The molecule has 0 saturated carbocycles. The first-order valence-corrected chi connectivity index (χ1v) is 10.3. The van der Waals surface area contributed by atoms with Gasteiger partial charge in [0, 0.05) is 30.9 Å². The minimum atomic E-state index is -0.730. The number of primary amides is 1. The molecule has 3 amide bonds. The number of benzene rings is 1. The number of carbonyl (C=O) groups excluding carboxylic acids is 3. The van der Waals surface area contributed by atoms with Crippen LogP contribution in [0.25, 0.3) is 0 Å². The molecule has 1 atom stereocenters. The summed E-state index contributed by atoms with van der Waals surface area (Å²) in [5.74, 6) is -1.07. The zero-order valence-corrected chi connectivity index (χ0v) is 17.5. The topological polar surface area (TPSA) is 123 Å². The molecule has 162 valence electrons. The summed E-state index contributed by atoms with van der Waals surface area (Å²) in [6.07, 6.45) is 3.59. The number of carbonyl (C=O) groups is 3. The van der Waals surface area contributed by atoms with Crippen LogP contribution in [-0.4, -0.2) is 50.1 Å². The molecule has 1 rings (SSSR count). The lowest BCUT2D eigenvalue weighted by atomic mass is 10.1. The summed E-state index contributed by atoms with van der Waals surface area (Å²) in [4.78, 5) is 35.4. The van der Waals surface area contributed by atoms with Gasteiger partial charge in [0.1, 0.15) is 12.6 Å². The molecule has 0 aliphatic rings. The Hall–Kier alpha value is -2.61. The predicted octanol–water partition coefficient (Wildman–Crippen LogP) is 1.81. The van der Waals surface area contributed by atoms with Gasteiger partial charge in [-0.3, -0.25) is 14.4 Å². The summed E-state index contributed by atoms with van der Waals surface area (Å²) in [5, 5.41) is 8.71. The molecule has 0 heterocycles. The maximum absolute atomic E-state index is 12.2. The average Bonchev–Trinajstić information content (AvgIpc) is 2.71. The van der Waals surface area contributed by atoms with Gasteiger partial charge in [-0.1, -0.05) is 13.8 Å². The van der Waals surface area contributed by atoms with E-state index in [1.54, 1.807) is 12.1 Å². The molecule has 0 aromatic heterocycles. The lowest BCUT2D eigenvalue weighted by molar-refractivity contribution is -0.130. The number of anilines is 1. The van der Waals surface area contributed by atoms with E-state index in [9.17, 15) is 14.4 Å². The minimum Gasteiger partial charge on any atom is -0.385 e. The van der Waals surface area contributed by atoms with E-state index < -0.39 is 11.9 Å². The Bertz CT molecular complexity index is 634. The number of rotatable bonds is 15. The van der Waals surface area contributed by atoms with E-state index in [-0.39, 0.29) is 18.4 Å². The smallest absolute Gasteiger partial charge is 0.251 e. The van der Waals surface area contributed by atoms with Gasteiger partial charge in [-0.05, 0) is 56.4 Å². The first-order valence-electron chi connectivity index (χ1n) is 10.3. The quantitative estimate of drug-likeness (QED) is 0.331. The molecule has 1 aromatic rings. The lowest BCUT2D eigenvalue weighted by Gasteiger charge is -2.15.